The number of phosphoric ester groups is 2. The number of rotatable bonds is 79. The van der Waals surface area contributed by atoms with E-state index in [2.05, 4.69) is 41.5 Å². The smallest absolute Gasteiger partial charge is 0.462 e. The zero-order chi connectivity index (χ0) is 72.8. The Hall–Kier alpha value is -1.94. The Labute approximate surface area is 607 Å². The summed E-state index contributed by atoms with van der Waals surface area (Å²) in [5.74, 6) is -0.479. The van der Waals surface area contributed by atoms with E-state index in [1.54, 1.807) is 0 Å². The van der Waals surface area contributed by atoms with E-state index < -0.39 is 97.5 Å². The largest absolute Gasteiger partial charge is 0.472 e. The predicted molar refractivity (Wildman–Crippen MR) is 405 cm³/mol. The number of phosphoric acid groups is 2. The fraction of sp³-hybridized carbons (Fsp3) is 0.950. The summed E-state index contributed by atoms with van der Waals surface area (Å²) in [6.07, 6.45) is 60.9. The summed E-state index contributed by atoms with van der Waals surface area (Å²) in [7, 11) is -9.92. The molecule has 0 saturated heterocycles. The summed E-state index contributed by atoms with van der Waals surface area (Å²) >= 11 is 0. The van der Waals surface area contributed by atoms with Crippen molar-refractivity contribution in [2.75, 3.05) is 39.6 Å². The molecular weight excluding hydrogens is 1290 g/mol. The van der Waals surface area contributed by atoms with Gasteiger partial charge in [-0.3, -0.25) is 37.3 Å². The first-order valence-corrected chi connectivity index (χ1v) is 44.5. The van der Waals surface area contributed by atoms with Crippen LogP contribution in [0.25, 0.3) is 0 Å². The van der Waals surface area contributed by atoms with Gasteiger partial charge in [-0.15, -0.1) is 0 Å². The molecule has 0 bridgehead atoms. The maximum atomic E-state index is 13.1. The lowest BCUT2D eigenvalue weighted by molar-refractivity contribution is -0.161. The number of carbonyl (C=O) groups excluding carboxylic acids is 4. The van der Waals surface area contributed by atoms with Crippen molar-refractivity contribution >= 4 is 39.5 Å². The minimum absolute atomic E-state index is 0.108. The second kappa shape index (κ2) is 71.7. The van der Waals surface area contributed by atoms with E-state index in [4.69, 9.17) is 37.0 Å². The van der Waals surface area contributed by atoms with Crippen molar-refractivity contribution in [3.05, 3.63) is 0 Å². The van der Waals surface area contributed by atoms with Crippen LogP contribution in [0.2, 0.25) is 0 Å². The lowest BCUT2D eigenvalue weighted by atomic mass is 9.99. The van der Waals surface area contributed by atoms with E-state index in [0.717, 1.165) is 102 Å². The Morgan fingerprint density at radius 2 is 0.515 bits per heavy atom. The molecule has 6 atom stereocenters. The van der Waals surface area contributed by atoms with Gasteiger partial charge in [0.1, 0.15) is 19.3 Å². The van der Waals surface area contributed by atoms with Crippen LogP contribution in [0.5, 0.6) is 0 Å². The number of unbranched alkanes of at least 4 members (excludes halogenated alkanes) is 48. The van der Waals surface area contributed by atoms with Crippen molar-refractivity contribution < 1.29 is 80.2 Å². The van der Waals surface area contributed by atoms with Gasteiger partial charge in [-0.25, -0.2) is 9.13 Å². The number of hydrogen-bond donors (Lipinski definition) is 3. The van der Waals surface area contributed by atoms with E-state index in [0.29, 0.717) is 25.7 Å². The summed E-state index contributed by atoms with van der Waals surface area (Å²) in [5.41, 5.74) is 0. The van der Waals surface area contributed by atoms with Crippen LogP contribution in [0, 0.1) is 11.8 Å². The third-order valence-corrected chi connectivity index (χ3v) is 21.0. The van der Waals surface area contributed by atoms with Crippen molar-refractivity contribution in [3.63, 3.8) is 0 Å². The molecule has 17 nitrogen and oxygen atoms in total. The van der Waals surface area contributed by atoms with Crippen LogP contribution in [0.4, 0.5) is 0 Å². The molecule has 3 unspecified atom stereocenters. The topological polar surface area (TPSA) is 237 Å². The Morgan fingerprint density at radius 3 is 0.768 bits per heavy atom. The van der Waals surface area contributed by atoms with E-state index in [9.17, 15) is 43.2 Å². The molecule has 0 aliphatic heterocycles. The second-order valence-electron chi connectivity index (χ2n) is 29.5. The summed E-state index contributed by atoms with van der Waals surface area (Å²) in [6, 6.07) is 0. The molecule has 0 aliphatic carbocycles. The van der Waals surface area contributed by atoms with Gasteiger partial charge < -0.3 is 33.8 Å². The highest BCUT2D eigenvalue weighted by Gasteiger charge is 2.30. The van der Waals surface area contributed by atoms with E-state index in [1.165, 1.54) is 238 Å². The van der Waals surface area contributed by atoms with Gasteiger partial charge >= 0.3 is 39.5 Å². The molecule has 3 N–H and O–H groups in total. The highest BCUT2D eigenvalue weighted by atomic mass is 31.2. The van der Waals surface area contributed by atoms with Crippen molar-refractivity contribution in [1.82, 2.24) is 0 Å². The molecule has 0 heterocycles. The van der Waals surface area contributed by atoms with Crippen molar-refractivity contribution in [1.29, 1.82) is 0 Å². The first-order chi connectivity index (χ1) is 47.9. The van der Waals surface area contributed by atoms with Gasteiger partial charge in [0, 0.05) is 25.7 Å². The lowest BCUT2D eigenvalue weighted by Gasteiger charge is -2.21. The van der Waals surface area contributed by atoms with Crippen LogP contribution in [0.1, 0.15) is 420 Å². The highest BCUT2D eigenvalue weighted by molar-refractivity contribution is 7.47. The molecule has 0 spiro atoms. The zero-order valence-electron chi connectivity index (χ0n) is 64.8. The van der Waals surface area contributed by atoms with Crippen molar-refractivity contribution in [2.24, 2.45) is 11.8 Å². The molecule has 0 aliphatic rings. The van der Waals surface area contributed by atoms with Crippen LogP contribution in [0.3, 0.4) is 0 Å². The molecule has 0 aromatic carbocycles. The number of esters is 4. The van der Waals surface area contributed by atoms with Crippen molar-refractivity contribution in [2.45, 2.75) is 439 Å². The van der Waals surface area contributed by atoms with Gasteiger partial charge in [-0.05, 0) is 37.5 Å². The molecule has 0 radical (unpaired) electrons. The highest BCUT2D eigenvalue weighted by Crippen LogP contribution is 2.45. The Morgan fingerprint density at radius 1 is 0.293 bits per heavy atom. The minimum atomic E-state index is -4.96. The standard InChI is InChI=1S/C80H156O17P2/c1-7-10-12-14-16-18-20-27-32-40-46-52-58-64-79(84)96-75(68-90-77(82)62-56-50-44-38-30-19-17-15-13-11-8-2)70-94-98(86,87)92-66-74(81)67-93-99(88,89)95-71-76(69-91-78(83)63-57-51-45-39-35-34-36-42-48-54-60-72(4)5)97-80(85)65-59-53-47-41-33-29-26-24-22-21-23-25-28-31-37-43-49-55-61-73(6)9-3/h72-76,81H,7-71H2,1-6H3,(H,86,87)(H,88,89)/t73?,74-,75+,76+/m0/s1. The van der Waals surface area contributed by atoms with Gasteiger partial charge in [-0.2, -0.15) is 0 Å². The Balaban J connectivity index is 5.20. The molecular formula is C80H156O17P2. The van der Waals surface area contributed by atoms with Crippen LogP contribution in [-0.4, -0.2) is 96.7 Å². The second-order valence-corrected chi connectivity index (χ2v) is 32.4. The van der Waals surface area contributed by atoms with Gasteiger partial charge in [0.25, 0.3) is 0 Å². The molecule has 588 valence electrons. The fourth-order valence-electron chi connectivity index (χ4n) is 12.3. The zero-order valence-corrected chi connectivity index (χ0v) is 66.6. The van der Waals surface area contributed by atoms with Gasteiger partial charge in [0.2, 0.25) is 0 Å². The number of carbonyl (C=O) groups is 4. The maximum Gasteiger partial charge on any atom is 0.472 e. The average Bonchev–Trinajstić information content (AvgIpc) is 1.04. The molecule has 0 amide bonds. The summed E-state index contributed by atoms with van der Waals surface area (Å²) in [6.45, 7) is 9.69. The summed E-state index contributed by atoms with van der Waals surface area (Å²) in [4.78, 5) is 72.9. The normalized spacial score (nSPS) is 14.2. The maximum absolute atomic E-state index is 13.1. The Bertz CT molecular complexity index is 1910. The number of aliphatic hydroxyl groups excluding tert-OH is 1. The van der Waals surface area contributed by atoms with Crippen LogP contribution in [0.15, 0.2) is 0 Å². The van der Waals surface area contributed by atoms with Gasteiger partial charge in [0.05, 0.1) is 26.4 Å². The molecule has 99 heavy (non-hydrogen) atoms. The summed E-state index contributed by atoms with van der Waals surface area (Å²) in [5, 5.41) is 10.6. The molecule has 0 aromatic heterocycles. The molecule has 19 heteroatoms. The third-order valence-electron chi connectivity index (χ3n) is 19.1. The average molecular weight is 1450 g/mol. The van der Waals surface area contributed by atoms with Crippen LogP contribution in [-0.2, 0) is 65.4 Å². The minimum Gasteiger partial charge on any atom is -0.462 e. The first-order valence-electron chi connectivity index (χ1n) is 41.5. The molecule has 0 saturated carbocycles. The third kappa shape index (κ3) is 72.8. The van der Waals surface area contributed by atoms with Gasteiger partial charge in [-0.1, -0.05) is 369 Å². The van der Waals surface area contributed by atoms with Crippen molar-refractivity contribution in [3.8, 4) is 0 Å². The van der Waals surface area contributed by atoms with Gasteiger partial charge in [0.15, 0.2) is 12.2 Å². The lowest BCUT2D eigenvalue weighted by Crippen LogP contribution is -2.30. The molecule has 0 fully saturated rings. The van der Waals surface area contributed by atoms with E-state index in [1.807, 2.05) is 0 Å². The predicted octanol–water partition coefficient (Wildman–Crippen LogP) is 23.9. The van der Waals surface area contributed by atoms with Crippen LogP contribution < -0.4 is 0 Å². The molecule has 0 rings (SSSR count). The quantitative estimate of drug-likeness (QED) is 0.0222. The SMILES string of the molecule is CCCCCCCCCCCCCCCC(=O)O[C@H](COC(=O)CCCCCCCCCCCCC)COP(=O)(O)OC[C@H](O)COP(=O)(O)OC[C@@H](COC(=O)CCCCCCCCCCCCC(C)C)OC(=O)CCCCCCCCCCCCCCCCCCCCC(C)CC. The molecule has 0 aromatic rings. The van der Waals surface area contributed by atoms with Crippen LogP contribution >= 0.6 is 15.6 Å². The number of ether oxygens (including phenoxy) is 4. The summed E-state index contributed by atoms with van der Waals surface area (Å²) < 4.78 is 68.7. The van der Waals surface area contributed by atoms with E-state index in [-0.39, 0.29) is 25.7 Å². The first kappa shape index (κ1) is 97.1. The number of hydrogen-bond acceptors (Lipinski definition) is 15. The van der Waals surface area contributed by atoms with E-state index >= 15 is 0 Å². The monoisotopic (exact) mass is 1450 g/mol. The fourth-order valence-corrected chi connectivity index (χ4v) is 13.9. The number of aliphatic hydroxyl groups is 1. The Kier molecular flexibility index (Phi) is 70.3.